The van der Waals surface area contributed by atoms with Crippen molar-refractivity contribution in [2.24, 2.45) is 0 Å². The lowest BCUT2D eigenvalue weighted by Gasteiger charge is -2.26. The van der Waals surface area contributed by atoms with Crippen molar-refractivity contribution in [1.29, 1.82) is 0 Å². The number of benzene rings is 2. The minimum Gasteiger partial charge on any atom is -0.492 e. The van der Waals surface area contributed by atoms with Crippen LogP contribution in [0, 0.1) is 3.57 Å². The Balaban J connectivity index is 2.03. The number of imide groups is 2. The summed E-state index contributed by atoms with van der Waals surface area (Å²) in [5.41, 5.74) is 0.681. The van der Waals surface area contributed by atoms with Gasteiger partial charge in [-0.05, 0) is 77.6 Å². The molecule has 0 aromatic heterocycles. The smallest absolute Gasteiger partial charge is 0.335 e. The number of anilines is 1. The highest BCUT2D eigenvalue weighted by Crippen LogP contribution is 2.35. The molecule has 3 rings (SSSR count). The van der Waals surface area contributed by atoms with Gasteiger partial charge in [0, 0.05) is 5.02 Å². The first kappa shape index (κ1) is 21.1. The molecule has 2 aromatic carbocycles. The maximum atomic E-state index is 12.9. The van der Waals surface area contributed by atoms with Crippen LogP contribution < -0.4 is 19.7 Å². The summed E-state index contributed by atoms with van der Waals surface area (Å²) < 4.78 is 11.7. The van der Waals surface area contributed by atoms with Crippen molar-refractivity contribution < 1.29 is 23.9 Å². The van der Waals surface area contributed by atoms with Crippen molar-refractivity contribution in [3.63, 3.8) is 0 Å². The van der Waals surface area contributed by atoms with Crippen molar-refractivity contribution >= 4 is 63.8 Å². The van der Waals surface area contributed by atoms with Gasteiger partial charge in [0.2, 0.25) is 0 Å². The Morgan fingerprint density at radius 2 is 1.86 bits per heavy atom. The second-order valence-corrected chi connectivity index (χ2v) is 7.50. The monoisotopic (exact) mass is 526 g/mol. The Bertz CT molecular complexity index is 1020. The number of nitrogens with one attached hydrogen (secondary N) is 1. The summed E-state index contributed by atoms with van der Waals surface area (Å²) in [7, 11) is 1.53. The van der Waals surface area contributed by atoms with E-state index in [-0.39, 0.29) is 5.57 Å². The van der Waals surface area contributed by atoms with Crippen LogP contribution in [0.2, 0.25) is 5.02 Å². The highest BCUT2D eigenvalue weighted by Gasteiger charge is 2.36. The highest BCUT2D eigenvalue weighted by molar-refractivity contribution is 14.1. The summed E-state index contributed by atoms with van der Waals surface area (Å²) in [5.74, 6) is -0.450. The molecule has 1 heterocycles. The number of nitrogens with zero attached hydrogens (tertiary/aromatic N) is 1. The van der Waals surface area contributed by atoms with Crippen LogP contribution in [0.4, 0.5) is 10.5 Å². The molecule has 1 fully saturated rings. The largest absolute Gasteiger partial charge is 0.492 e. The van der Waals surface area contributed by atoms with Gasteiger partial charge in [-0.25, -0.2) is 9.69 Å². The number of hydrogen-bond acceptors (Lipinski definition) is 5. The third-order valence-corrected chi connectivity index (χ3v) is 5.09. The Morgan fingerprint density at radius 1 is 1.17 bits per heavy atom. The van der Waals surface area contributed by atoms with Crippen molar-refractivity contribution in [3.05, 3.63) is 56.1 Å². The third-order valence-electron chi connectivity index (χ3n) is 4.03. The zero-order valence-electron chi connectivity index (χ0n) is 15.5. The van der Waals surface area contributed by atoms with Crippen LogP contribution in [0.15, 0.2) is 42.0 Å². The van der Waals surface area contributed by atoms with E-state index in [9.17, 15) is 14.4 Å². The molecular formula is C20H16ClIN2O5. The fourth-order valence-electron chi connectivity index (χ4n) is 2.78. The van der Waals surface area contributed by atoms with Gasteiger partial charge >= 0.3 is 6.03 Å². The van der Waals surface area contributed by atoms with Crippen LogP contribution in [0.5, 0.6) is 11.5 Å². The van der Waals surface area contributed by atoms with Gasteiger partial charge in [0.15, 0.2) is 11.5 Å². The Kier molecular flexibility index (Phi) is 6.43. The molecule has 7 nitrogen and oxygen atoms in total. The quantitative estimate of drug-likeness (QED) is 0.361. The number of urea groups is 1. The molecule has 0 atom stereocenters. The number of hydrogen-bond donors (Lipinski definition) is 1. The average Bonchev–Trinajstić information content (AvgIpc) is 2.67. The zero-order valence-corrected chi connectivity index (χ0v) is 18.4. The molecule has 0 spiro atoms. The summed E-state index contributed by atoms with van der Waals surface area (Å²) in [4.78, 5) is 38.4. The van der Waals surface area contributed by atoms with E-state index in [1.54, 1.807) is 24.3 Å². The third kappa shape index (κ3) is 4.38. The number of barbiturate groups is 1. The van der Waals surface area contributed by atoms with E-state index in [4.69, 9.17) is 21.1 Å². The van der Waals surface area contributed by atoms with E-state index in [1.165, 1.54) is 25.3 Å². The Morgan fingerprint density at radius 3 is 2.48 bits per heavy atom. The summed E-state index contributed by atoms with van der Waals surface area (Å²) in [6.07, 6.45) is 1.41. The molecule has 4 amide bonds. The van der Waals surface area contributed by atoms with Gasteiger partial charge in [0.05, 0.1) is 23.0 Å². The summed E-state index contributed by atoms with van der Waals surface area (Å²) in [5, 5.41) is 2.65. The second kappa shape index (κ2) is 8.83. The first-order valence-electron chi connectivity index (χ1n) is 8.53. The van der Waals surface area contributed by atoms with E-state index in [0.29, 0.717) is 34.4 Å². The standard InChI is InChI=1S/C20H16ClIN2O5/c1-3-29-16-10-11(9-15(22)17(16)28-2)8-14-18(25)23-20(27)24(19(14)26)13-6-4-12(21)5-7-13/h4-10H,3H2,1-2H3,(H,23,25,27)/b14-8+. The lowest BCUT2D eigenvalue weighted by atomic mass is 10.1. The number of methoxy groups -OCH3 is 1. The normalized spacial score (nSPS) is 15.5. The minimum atomic E-state index is -0.821. The minimum absolute atomic E-state index is 0.178. The van der Waals surface area contributed by atoms with E-state index in [1.807, 2.05) is 6.92 Å². The lowest BCUT2D eigenvalue weighted by Crippen LogP contribution is -2.54. The second-order valence-electron chi connectivity index (χ2n) is 5.90. The summed E-state index contributed by atoms with van der Waals surface area (Å²) in [6, 6.07) is 8.75. The molecule has 2 aromatic rings. The number of carbonyl (C=O) groups excluding carboxylic acids is 3. The van der Waals surface area contributed by atoms with Gasteiger partial charge in [0.25, 0.3) is 11.8 Å². The molecule has 1 N–H and O–H groups in total. The van der Waals surface area contributed by atoms with Crippen LogP contribution in [0.1, 0.15) is 12.5 Å². The Hall–Kier alpha value is -2.59. The molecular weight excluding hydrogens is 511 g/mol. The topological polar surface area (TPSA) is 84.9 Å². The molecule has 1 aliphatic rings. The molecule has 1 saturated heterocycles. The summed E-state index contributed by atoms with van der Waals surface area (Å²) >= 11 is 7.95. The molecule has 0 bridgehead atoms. The van der Waals surface area contributed by atoms with Gasteiger partial charge in [-0.1, -0.05) is 11.6 Å². The number of rotatable bonds is 5. The number of ether oxygens (including phenoxy) is 2. The number of carbonyl (C=O) groups is 3. The van der Waals surface area contributed by atoms with E-state index in [2.05, 4.69) is 27.9 Å². The van der Waals surface area contributed by atoms with Crippen LogP contribution in [-0.2, 0) is 9.59 Å². The molecule has 0 saturated carbocycles. The Labute approximate surface area is 185 Å². The molecule has 0 unspecified atom stereocenters. The van der Waals surface area contributed by atoms with E-state index in [0.717, 1.165) is 8.47 Å². The van der Waals surface area contributed by atoms with Crippen molar-refractivity contribution in [2.75, 3.05) is 18.6 Å². The maximum absolute atomic E-state index is 12.9. The van der Waals surface area contributed by atoms with Crippen LogP contribution in [0.25, 0.3) is 6.08 Å². The van der Waals surface area contributed by atoms with Crippen LogP contribution in [0.3, 0.4) is 0 Å². The van der Waals surface area contributed by atoms with Crippen molar-refractivity contribution in [3.8, 4) is 11.5 Å². The fraction of sp³-hybridized carbons (Fsp3) is 0.150. The molecule has 29 heavy (non-hydrogen) atoms. The molecule has 0 aliphatic carbocycles. The fourth-order valence-corrected chi connectivity index (χ4v) is 3.75. The predicted octanol–water partition coefficient (Wildman–Crippen LogP) is 4.02. The van der Waals surface area contributed by atoms with Gasteiger partial charge in [-0.3, -0.25) is 14.9 Å². The molecule has 150 valence electrons. The SMILES string of the molecule is CCOc1cc(/C=C2\C(=O)NC(=O)N(c3ccc(Cl)cc3)C2=O)cc(I)c1OC. The number of amides is 4. The predicted molar refractivity (Wildman–Crippen MR) is 117 cm³/mol. The van der Waals surface area contributed by atoms with Gasteiger partial charge in [-0.2, -0.15) is 0 Å². The summed E-state index contributed by atoms with van der Waals surface area (Å²) in [6.45, 7) is 2.26. The average molecular weight is 527 g/mol. The van der Waals surface area contributed by atoms with Gasteiger partial charge < -0.3 is 9.47 Å². The zero-order chi connectivity index (χ0) is 21.1. The van der Waals surface area contributed by atoms with Gasteiger partial charge in [0.1, 0.15) is 5.57 Å². The van der Waals surface area contributed by atoms with E-state index >= 15 is 0 Å². The molecule has 1 aliphatic heterocycles. The lowest BCUT2D eigenvalue weighted by molar-refractivity contribution is -0.122. The first-order chi connectivity index (χ1) is 13.8. The van der Waals surface area contributed by atoms with Crippen LogP contribution >= 0.6 is 34.2 Å². The first-order valence-corrected chi connectivity index (χ1v) is 9.98. The highest BCUT2D eigenvalue weighted by atomic mass is 127. The molecule has 9 heteroatoms. The van der Waals surface area contributed by atoms with E-state index < -0.39 is 17.8 Å². The maximum Gasteiger partial charge on any atom is 0.335 e. The number of halogens is 2. The van der Waals surface area contributed by atoms with Crippen LogP contribution in [-0.4, -0.2) is 31.6 Å². The van der Waals surface area contributed by atoms with Crippen molar-refractivity contribution in [2.45, 2.75) is 6.92 Å². The van der Waals surface area contributed by atoms with Gasteiger partial charge in [-0.15, -0.1) is 0 Å². The molecule has 0 radical (unpaired) electrons. The van der Waals surface area contributed by atoms with Crippen molar-refractivity contribution in [1.82, 2.24) is 5.32 Å².